The van der Waals surface area contributed by atoms with Crippen LogP contribution in [-0.4, -0.2) is 41.8 Å². The SMILES string of the molecule is CC(C)C/C=C(\CN1C[C@@H](N)[C@H](O)C1)c1ccccc1. The Morgan fingerprint density at radius 1 is 1.35 bits per heavy atom. The lowest BCUT2D eigenvalue weighted by Crippen LogP contribution is -2.32. The van der Waals surface area contributed by atoms with Crippen LogP contribution >= 0.6 is 0 Å². The van der Waals surface area contributed by atoms with E-state index in [2.05, 4.69) is 49.1 Å². The third-order valence-electron chi connectivity index (χ3n) is 3.78. The summed E-state index contributed by atoms with van der Waals surface area (Å²) in [4.78, 5) is 2.24. The molecule has 20 heavy (non-hydrogen) atoms. The van der Waals surface area contributed by atoms with E-state index in [1.165, 1.54) is 11.1 Å². The minimum atomic E-state index is -0.392. The van der Waals surface area contributed by atoms with Crippen LogP contribution in [0.4, 0.5) is 0 Å². The molecule has 0 unspecified atom stereocenters. The first-order chi connectivity index (χ1) is 9.56. The van der Waals surface area contributed by atoms with Crippen molar-refractivity contribution in [3.8, 4) is 0 Å². The molecule has 110 valence electrons. The Morgan fingerprint density at radius 3 is 2.60 bits per heavy atom. The molecule has 3 N–H and O–H groups in total. The number of nitrogens with zero attached hydrogens (tertiary/aromatic N) is 1. The van der Waals surface area contributed by atoms with Crippen LogP contribution in [0.1, 0.15) is 25.8 Å². The number of benzene rings is 1. The lowest BCUT2D eigenvalue weighted by molar-refractivity contribution is 0.168. The van der Waals surface area contributed by atoms with Crippen molar-refractivity contribution >= 4 is 5.57 Å². The van der Waals surface area contributed by atoms with Crippen LogP contribution in [0.3, 0.4) is 0 Å². The highest BCUT2D eigenvalue weighted by molar-refractivity contribution is 5.66. The molecule has 0 amide bonds. The largest absolute Gasteiger partial charge is 0.390 e. The second-order valence-corrected chi connectivity index (χ2v) is 6.15. The molecule has 1 aromatic rings. The molecule has 2 atom stereocenters. The standard InChI is InChI=1S/C17H26N2O/c1-13(2)8-9-15(14-6-4-3-5-7-14)10-19-11-16(18)17(20)12-19/h3-7,9,13,16-17,20H,8,10-12,18H2,1-2H3/b15-9+/t16-,17-/m1/s1. The molecule has 1 aliphatic heterocycles. The van der Waals surface area contributed by atoms with Gasteiger partial charge in [0.1, 0.15) is 0 Å². The van der Waals surface area contributed by atoms with Crippen LogP contribution in [0.15, 0.2) is 36.4 Å². The normalized spacial score (nSPS) is 24.6. The Morgan fingerprint density at radius 2 is 2.05 bits per heavy atom. The number of rotatable bonds is 5. The monoisotopic (exact) mass is 274 g/mol. The zero-order valence-corrected chi connectivity index (χ0v) is 12.5. The Labute approximate surface area is 122 Å². The van der Waals surface area contributed by atoms with Crippen LogP contribution in [0.5, 0.6) is 0 Å². The number of aliphatic hydroxyl groups excluding tert-OH is 1. The number of likely N-dealkylation sites (tertiary alicyclic amines) is 1. The predicted molar refractivity (Wildman–Crippen MR) is 84.3 cm³/mol. The Hall–Kier alpha value is -1.16. The summed E-state index contributed by atoms with van der Waals surface area (Å²) in [6, 6.07) is 10.4. The lowest BCUT2D eigenvalue weighted by Gasteiger charge is -2.18. The van der Waals surface area contributed by atoms with E-state index in [0.717, 1.165) is 19.5 Å². The molecule has 1 fully saturated rings. The van der Waals surface area contributed by atoms with Crippen molar-refractivity contribution in [3.05, 3.63) is 42.0 Å². The maximum Gasteiger partial charge on any atom is 0.0830 e. The summed E-state index contributed by atoms with van der Waals surface area (Å²) in [5.74, 6) is 0.653. The molecule has 1 aliphatic rings. The van der Waals surface area contributed by atoms with E-state index in [1.807, 2.05) is 6.07 Å². The second-order valence-electron chi connectivity index (χ2n) is 6.15. The van der Waals surface area contributed by atoms with Crippen LogP contribution < -0.4 is 5.73 Å². The van der Waals surface area contributed by atoms with Crippen LogP contribution in [0.25, 0.3) is 5.57 Å². The zero-order chi connectivity index (χ0) is 14.5. The molecule has 1 aromatic carbocycles. The van der Waals surface area contributed by atoms with Gasteiger partial charge in [-0.2, -0.15) is 0 Å². The van der Waals surface area contributed by atoms with Crippen molar-refractivity contribution in [2.24, 2.45) is 11.7 Å². The first-order valence-corrected chi connectivity index (χ1v) is 7.46. The molecule has 1 heterocycles. The number of allylic oxidation sites excluding steroid dienone is 1. The summed E-state index contributed by atoms with van der Waals surface area (Å²) in [5.41, 5.74) is 8.49. The molecule has 0 saturated carbocycles. The Kier molecular flexibility index (Phi) is 5.35. The number of nitrogens with two attached hydrogens (primary N) is 1. The maximum absolute atomic E-state index is 9.78. The summed E-state index contributed by atoms with van der Waals surface area (Å²) >= 11 is 0. The van der Waals surface area contributed by atoms with Gasteiger partial charge in [0, 0.05) is 25.7 Å². The molecule has 0 aromatic heterocycles. The summed E-state index contributed by atoms with van der Waals surface area (Å²) in [7, 11) is 0. The van der Waals surface area contributed by atoms with E-state index in [-0.39, 0.29) is 6.04 Å². The molecular weight excluding hydrogens is 248 g/mol. The Balaban J connectivity index is 2.09. The zero-order valence-electron chi connectivity index (χ0n) is 12.5. The molecule has 1 saturated heterocycles. The summed E-state index contributed by atoms with van der Waals surface area (Å²) in [6.07, 6.45) is 3.01. The smallest absolute Gasteiger partial charge is 0.0830 e. The Bertz CT molecular complexity index is 432. The highest BCUT2D eigenvalue weighted by Crippen LogP contribution is 2.20. The molecule has 0 spiro atoms. The van der Waals surface area contributed by atoms with Crippen LogP contribution in [-0.2, 0) is 0 Å². The van der Waals surface area contributed by atoms with Gasteiger partial charge in [-0.15, -0.1) is 0 Å². The molecule has 0 radical (unpaired) electrons. The molecule has 3 nitrogen and oxygen atoms in total. The van der Waals surface area contributed by atoms with E-state index < -0.39 is 6.10 Å². The van der Waals surface area contributed by atoms with Gasteiger partial charge in [-0.05, 0) is 23.5 Å². The van der Waals surface area contributed by atoms with Crippen molar-refractivity contribution in [3.63, 3.8) is 0 Å². The first-order valence-electron chi connectivity index (χ1n) is 7.46. The maximum atomic E-state index is 9.78. The third-order valence-corrected chi connectivity index (χ3v) is 3.78. The highest BCUT2D eigenvalue weighted by Gasteiger charge is 2.28. The summed E-state index contributed by atoms with van der Waals surface area (Å²) in [6.45, 7) is 6.77. The van der Waals surface area contributed by atoms with Gasteiger partial charge in [-0.3, -0.25) is 4.90 Å². The fraction of sp³-hybridized carbons (Fsp3) is 0.529. The second kappa shape index (κ2) is 7.02. The first kappa shape index (κ1) is 15.2. The van der Waals surface area contributed by atoms with Crippen molar-refractivity contribution < 1.29 is 5.11 Å². The average molecular weight is 274 g/mol. The number of hydrogen-bond acceptors (Lipinski definition) is 3. The minimum absolute atomic E-state index is 0.114. The summed E-state index contributed by atoms with van der Waals surface area (Å²) in [5, 5.41) is 9.78. The van der Waals surface area contributed by atoms with Gasteiger partial charge in [0.05, 0.1) is 6.10 Å². The lowest BCUT2D eigenvalue weighted by atomic mass is 10.0. The van der Waals surface area contributed by atoms with Crippen LogP contribution in [0, 0.1) is 5.92 Å². The third kappa shape index (κ3) is 4.17. The molecule has 3 heteroatoms. The van der Waals surface area contributed by atoms with Gasteiger partial charge in [0.2, 0.25) is 0 Å². The van der Waals surface area contributed by atoms with Crippen molar-refractivity contribution in [1.29, 1.82) is 0 Å². The van der Waals surface area contributed by atoms with Crippen molar-refractivity contribution in [1.82, 2.24) is 4.90 Å². The average Bonchev–Trinajstić information content (AvgIpc) is 2.74. The molecule has 0 bridgehead atoms. The van der Waals surface area contributed by atoms with Crippen molar-refractivity contribution in [2.45, 2.75) is 32.4 Å². The topological polar surface area (TPSA) is 49.5 Å². The van der Waals surface area contributed by atoms with Gasteiger partial charge >= 0.3 is 0 Å². The van der Waals surface area contributed by atoms with Crippen LogP contribution in [0.2, 0.25) is 0 Å². The van der Waals surface area contributed by atoms with E-state index in [4.69, 9.17) is 5.73 Å². The van der Waals surface area contributed by atoms with E-state index in [1.54, 1.807) is 0 Å². The fourth-order valence-electron chi connectivity index (χ4n) is 2.57. The quantitative estimate of drug-likeness (QED) is 0.864. The molecule has 0 aliphatic carbocycles. The number of aliphatic hydroxyl groups is 1. The minimum Gasteiger partial charge on any atom is -0.390 e. The molecule has 2 rings (SSSR count). The van der Waals surface area contributed by atoms with Gasteiger partial charge in [-0.25, -0.2) is 0 Å². The van der Waals surface area contributed by atoms with Crippen molar-refractivity contribution in [2.75, 3.05) is 19.6 Å². The van der Waals surface area contributed by atoms with E-state index in [9.17, 15) is 5.11 Å². The highest BCUT2D eigenvalue weighted by atomic mass is 16.3. The predicted octanol–water partition coefficient (Wildman–Crippen LogP) is 2.12. The van der Waals surface area contributed by atoms with E-state index in [0.29, 0.717) is 12.5 Å². The van der Waals surface area contributed by atoms with Gasteiger partial charge in [0.15, 0.2) is 0 Å². The van der Waals surface area contributed by atoms with E-state index >= 15 is 0 Å². The van der Waals surface area contributed by atoms with Gasteiger partial charge < -0.3 is 10.8 Å². The number of hydrogen-bond donors (Lipinski definition) is 2. The fourth-order valence-corrected chi connectivity index (χ4v) is 2.57. The van der Waals surface area contributed by atoms with Gasteiger partial charge in [0.25, 0.3) is 0 Å². The molecular formula is C17H26N2O. The van der Waals surface area contributed by atoms with Gasteiger partial charge in [-0.1, -0.05) is 50.3 Å². The summed E-state index contributed by atoms with van der Waals surface area (Å²) < 4.78 is 0. The number of β-amino-alcohol motifs (C(OH)–C–C–N with tert-alkyl or cyclic N) is 1.